The fourth-order valence-corrected chi connectivity index (χ4v) is 1.30. The second-order valence-electron chi connectivity index (χ2n) is 3.46. The summed E-state index contributed by atoms with van der Waals surface area (Å²) in [7, 11) is 2.04. The van der Waals surface area contributed by atoms with Gasteiger partial charge in [0.05, 0.1) is 19.3 Å². The van der Waals surface area contributed by atoms with Crippen molar-refractivity contribution in [2.45, 2.75) is 19.4 Å². The van der Waals surface area contributed by atoms with Crippen molar-refractivity contribution in [1.82, 2.24) is 4.90 Å². The normalized spacial score (nSPS) is 19.4. The second kappa shape index (κ2) is 5.06. The van der Waals surface area contributed by atoms with Crippen molar-refractivity contribution < 1.29 is 4.74 Å². The lowest BCUT2D eigenvalue weighted by Gasteiger charge is -2.23. The van der Waals surface area contributed by atoms with E-state index in [0.29, 0.717) is 0 Å². The highest BCUT2D eigenvalue weighted by atomic mass is 16.5. The molecule has 0 saturated carbocycles. The lowest BCUT2D eigenvalue weighted by molar-refractivity contribution is 0.143. The largest absolute Gasteiger partial charge is 0.377 e. The third-order valence-corrected chi connectivity index (χ3v) is 2.34. The summed E-state index contributed by atoms with van der Waals surface area (Å²) in [5.74, 6) is 2.71. The highest BCUT2D eigenvalue weighted by Crippen LogP contribution is 2.08. The Morgan fingerprint density at radius 2 is 2.54 bits per heavy atom. The van der Waals surface area contributed by atoms with E-state index in [1.165, 1.54) is 5.57 Å². The predicted molar refractivity (Wildman–Crippen MR) is 54.4 cm³/mol. The summed E-state index contributed by atoms with van der Waals surface area (Å²) in [6, 6.07) is 0.197. The van der Waals surface area contributed by atoms with E-state index in [1.54, 1.807) is 0 Å². The topological polar surface area (TPSA) is 12.5 Å². The number of likely N-dealkylation sites (N-methyl/N-ethyl adjacent to an activating group) is 1. The lowest BCUT2D eigenvalue weighted by atomic mass is 10.1. The molecule has 2 heteroatoms. The molecule has 13 heavy (non-hydrogen) atoms. The molecule has 0 amide bonds. The Balaban J connectivity index is 2.39. The molecule has 0 aromatic carbocycles. The van der Waals surface area contributed by atoms with E-state index in [9.17, 15) is 0 Å². The van der Waals surface area contributed by atoms with Gasteiger partial charge in [0.15, 0.2) is 0 Å². The Kier molecular flexibility index (Phi) is 4.01. The quantitative estimate of drug-likeness (QED) is 0.478. The van der Waals surface area contributed by atoms with Crippen molar-refractivity contribution in [3.8, 4) is 12.3 Å². The zero-order valence-electron chi connectivity index (χ0n) is 8.42. The average molecular weight is 179 g/mol. The van der Waals surface area contributed by atoms with Crippen LogP contribution in [0.1, 0.15) is 13.3 Å². The SMILES string of the molecule is C#CC(C)N(C)CC1=CCCOC1. The first-order chi connectivity index (χ1) is 6.24. The first-order valence-corrected chi connectivity index (χ1v) is 4.66. The highest BCUT2D eigenvalue weighted by Gasteiger charge is 2.10. The van der Waals surface area contributed by atoms with E-state index < -0.39 is 0 Å². The monoisotopic (exact) mass is 179 g/mol. The molecule has 0 radical (unpaired) electrons. The van der Waals surface area contributed by atoms with E-state index in [0.717, 1.165) is 26.2 Å². The number of terminal acetylenes is 1. The maximum atomic E-state index is 5.35. The van der Waals surface area contributed by atoms with E-state index in [4.69, 9.17) is 11.2 Å². The van der Waals surface area contributed by atoms with Crippen LogP contribution in [0.4, 0.5) is 0 Å². The van der Waals surface area contributed by atoms with Crippen LogP contribution in [-0.4, -0.2) is 37.7 Å². The number of hydrogen-bond donors (Lipinski definition) is 0. The van der Waals surface area contributed by atoms with Crippen molar-refractivity contribution in [3.05, 3.63) is 11.6 Å². The molecule has 1 aliphatic heterocycles. The Morgan fingerprint density at radius 3 is 3.08 bits per heavy atom. The fourth-order valence-electron chi connectivity index (χ4n) is 1.30. The standard InChI is InChI=1S/C11H17NO/c1-4-10(2)12(3)8-11-6-5-7-13-9-11/h1,6,10H,5,7-9H2,2-3H3. The summed E-state index contributed by atoms with van der Waals surface area (Å²) < 4.78 is 5.35. The molecule has 0 aromatic rings. The molecular formula is C11H17NO. The molecule has 0 spiro atoms. The first kappa shape index (κ1) is 10.3. The molecule has 0 fully saturated rings. The molecule has 1 rings (SSSR count). The number of nitrogens with zero attached hydrogens (tertiary/aromatic N) is 1. The minimum Gasteiger partial charge on any atom is -0.377 e. The summed E-state index contributed by atoms with van der Waals surface area (Å²) in [6.07, 6.45) is 8.62. The number of hydrogen-bond acceptors (Lipinski definition) is 2. The Morgan fingerprint density at radius 1 is 1.77 bits per heavy atom. The molecule has 72 valence electrons. The highest BCUT2D eigenvalue weighted by molar-refractivity contribution is 5.09. The fraction of sp³-hybridized carbons (Fsp3) is 0.636. The Hall–Kier alpha value is -0.780. The maximum absolute atomic E-state index is 5.35. The van der Waals surface area contributed by atoms with Crippen LogP contribution in [-0.2, 0) is 4.74 Å². The van der Waals surface area contributed by atoms with Gasteiger partial charge in [0, 0.05) is 6.54 Å². The summed E-state index contributed by atoms with van der Waals surface area (Å²) in [6.45, 7) is 4.58. The lowest BCUT2D eigenvalue weighted by Crippen LogP contribution is -2.31. The third kappa shape index (κ3) is 3.22. The molecule has 2 nitrogen and oxygen atoms in total. The molecule has 0 aromatic heterocycles. The van der Waals surface area contributed by atoms with Gasteiger partial charge in [0.1, 0.15) is 0 Å². The zero-order chi connectivity index (χ0) is 9.68. The van der Waals surface area contributed by atoms with Gasteiger partial charge in [-0.1, -0.05) is 12.0 Å². The van der Waals surface area contributed by atoms with Crippen LogP contribution >= 0.6 is 0 Å². The Labute approximate surface area is 80.6 Å². The smallest absolute Gasteiger partial charge is 0.0689 e. The number of rotatable bonds is 3. The maximum Gasteiger partial charge on any atom is 0.0689 e. The summed E-state index contributed by atoms with van der Waals surface area (Å²) in [5.41, 5.74) is 1.34. The van der Waals surface area contributed by atoms with Gasteiger partial charge in [-0.15, -0.1) is 6.42 Å². The van der Waals surface area contributed by atoms with Crippen LogP contribution in [0, 0.1) is 12.3 Å². The third-order valence-electron chi connectivity index (χ3n) is 2.34. The van der Waals surface area contributed by atoms with E-state index in [1.807, 2.05) is 14.0 Å². The average Bonchev–Trinajstić information content (AvgIpc) is 2.18. The van der Waals surface area contributed by atoms with Crippen molar-refractivity contribution in [1.29, 1.82) is 0 Å². The van der Waals surface area contributed by atoms with E-state index in [2.05, 4.69) is 16.9 Å². The minimum absolute atomic E-state index is 0.197. The second-order valence-corrected chi connectivity index (χ2v) is 3.46. The van der Waals surface area contributed by atoms with Crippen molar-refractivity contribution in [3.63, 3.8) is 0 Å². The first-order valence-electron chi connectivity index (χ1n) is 4.66. The molecule has 1 unspecified atom stereocenters. The van der Waals surface area contributed by atoms with Crippen LogP contribution < -0.4 is 0 Å². The summed E-state index contributed by atoms with van der Waals surface area (Å²) >= 11 is 0. The summed E-state index contributed by atoms with van der Waals surface area (Å²) in [4.78, 5) is 2.15. The van der Waals surface area contributed by atoms with Crippen LogP contribution in [0.3, 0.4) is 0 Å². The zero-order valence-corrected chi connectivity index (χ0v) is 8.42. The van der Waals surface area contributed by atoms with Crippen LogP contribution in [0.2, 0.25) is 0 Å². The molecule has 0 saturated heterocycles. The predicted octanol–water partition coefficient (Wildman–Crippen LogP) is 1.29. The van der Waals surface area contributed by atoms with Gasteiger partial charge in [-0.25, -0.2) is 0 Å². The van der Waals surface area contributed by atoms with Gasteiger partial charge < -0.3 is 4.74 Å². The van der Waals surface area contributed by atoms with Crippen molar-refractivity contribution >= 4 is 0 Å². The van der Waals surface area contributed by atoms with Gasteiger partial charge in [-0.2, -0.15) is 0 Å². The molecule has 1 atom stereocenters. The van der Waals surface area contributed by atoms with E-state index in [-0.39, 0.29) is 6.04 Å². The van der Waals surface area contributed by atoms with Gasteiger partial charge in [-0.3, -0.25) is 4.90 Å². The minimum atomic E-state index is 0.197. The molecule has 0 N–H and O–H groups in total. The van der Waals surface area contributed by atoms with Gasteiger partial charge in [0.25, 0.3) is 0 Å². The van der Waals surface area contributed by atoms with Crippen LogP contribution in [0.15, 0.2) is 11.6 Å². The van der Waals surface area contributed by atoms with Crippen LogP contribution in [0.25, 0.3) is 0 Å². The number of ether oxygens (including phenoxy) is 1. The van der Waals surface area contributed by atoms with Gasteiger partial charge in [0.2, 0.25) is 0 Å². The molecular weight excluding hydrogens is 162 g/mol. The summed E-state index contributed by atoms with van der Waals surface area (Å²) in [5, 5.41) is 0. The molecule has 0 bridgehead atoms. The Bertz CT molecular complexity index is 227. The van der Waals surface area contributed by atoms with Crippen molar-refractivity contribution in [2.24, 2.45) is 0 Å². The molecule has 1 heterocycles. The van der Waals surface area contributed by atoms with Gasteiger partial charge in [-0.05, 0) is 26.0 Å². The molecule has 0 aliphatic carbocycles. The van der Waals surface area contributed by atoms with Crippen LogP contribution in [0.5, 0.6) is 0 Å². The molecule has 1 aliphatic rings. The van der Waals surface area contributed by atoms with Gasteiger partial charge >= 0.3 is 0 Å². The van der Waals surface area contributed by atoms with E-state index >= 15 is 0 Å². The van der Waals surface area contributed by atoms with Crippen molar-refractivity contribution in [2.75, 3.05) is 26.8 Å².